The first kappa shape index (κ1) is 19.1. The molecule has 0 aromatic heterocycles. The van der Waals surface area contributed by atoms with Gasteiger partial charge in [-0.05, 0) is 52.3 Å². The van der Waals surface area contributed by atoms with Gasteiger partial charge in [0, 0.05) is 22.1 Å². The molecule has 0 N–H and O–H groups in total. The molecule has 1 aromatic rings. The molecule has 1 aromatic carbocycles. The number of benzene rings is 1. The van der Waals surface area contributed by atoms with E-state index in [0.29, 0.717) is 23.7 Å². The minimum absolute atomic E-state index is 0.0158. The summed E-state index contributed by atoms with van der Waals surface area (Å²) in [5, 5.41) is 0. The van der Waals surface area contributed by atoms with Crippen LogP contribution in [0.5, 0.6) is 11.5 Å². The van der Waals surface area contributed by atoms with Crippen LogP contribution in [-0.4, -0.2) is 41.0 Å². The van der Waals surface area contributed by atoms with Crippen molar-refractivity contribution in [3.8, 4) is 11.5 Å². The molecule has 0 bridgehead atoms. The molecular formula is C17H26INO3. The molecule has 0 atom stereocenters. The van der Waals surface area contributed by atoms with Crippen LogP contribution in [-0.2, 0) is 0 Å². The summed E-state index contributed by atoms with van der Waals surface area (Å²) < 4.78 is 12.1. The lowest BCUT2D eigenvalue weighted by Gasteiger charge is -2.31. The Balaban J connectivity index is 2.98. The van der Waals surface area contributed by atoms with Crippen molar-refractivity contribution in [3.63, 3.8) is 0 Å². The molecular weight excluding hydrogens is 393 g/mol. The normalized spacial score (nSPS) is 10.9. The zero-order valence-electron chi connectivity index (χ0n) is 14.1. The molecule has 5 heteroatoms. The molecule has 0 unspecified atom stereocenters. The van der Waals surface area contributed by atoms with Gasteiger partial charge in [-0.1, -0.05) is 22.6 Å². The molecule has 0 heterocycles. The van der Waals surface area contributed by atoms with Gasteiger partial charge < -0.3 is 14.4 Å². The third-order valence-corrected chi connectivity index (χ3v) is 4.06. The maximum absolute atomic E-state index is 12.7. The molecule has 0 saturated carbocycles. The van der Waals surface area contributed by atoms with Crippen molar-refractivity contribution in [2.24, 2.45) is 0 Å². The van der Waals surface area contributed by atoms with Crippen LogP contribution in [0, 0.1) is 0 Å². The summed E-state index contributed by atoms with van der Waals surface area (Å²) in [5.74, 6) is 1.30. The standard InChI is InChI=1S/C17H26INO3/c1-12(2)19(13(3)4)17(20)14-7-8-15(16(11-14)21-5)22-10-6-9-18/h7-8,11-13H,6,9-10H2,1-5H3. The number of alkyl halides is 1. The predicted octanol–water partition coefficient (Wildman–Crippen LogP) is 4.16. The highest BCUT2D eigenvalue weighted by Gasteiger charge is 2.22. The number of hydrogen-bond donors (Lipinski definition) is 0. The molecule has 0 radical (unpaired) electrons. The monoisotopic (exact) mass is 419 g/mol. The molecule has 22 heavy (non-hydrogen) atoms. The van der Waals surface area contributed by atoms with Crippen LogP contribution in [0.1, 0.15) is 44.5 Å². The second-order valence-corrected chi connectivity index (χ2v) is 6.74. The van der Waals surface area contributed by atoms with E-state index in [0.717, 1.165) is 10.8 Å². The van der Waals surface area contributed by atoms with Gasteiger partial charge in [-0.3, -0.25) is 4.79 Å². The average molecular weight is 419 g/mol. The van der Waals surface area contributed by atoms with E-state index in [1.807, 2.05) is 44.7 Å². The number of methoxy groups -OCH3 is 1. The molecule has 1 rings (SSSR count). The Kier molecular flexibility index (Phi) is 8.00. The first-order valence-corrected chi connectivity index (χ1v) is 9.14. The van der Waals surface area contributed by atoms with Crippen LogP contribution in [0.4, 0.5) is 0 Å². The quantitative estimate of drug-likeness (QED) is 0.361. The zero-order valence-corrected chi connectivity index (χ0v) is 16.2. The third-order valence-electron chi connectivity index (χ3n) is 3.29. The number of nitrogens with zero attached hydrogens (tertiary/aromatic N) is 1. The highest BCUT2D eigenvalue weighted by atomic mass is 127. The topological polar surface area (TPSA) is 38.8 Å². The molecule has 1 amide bonds. The predicted molar refractivity (Wildman–Crippen MR) is 98.4 cm³/mol. The second kappa shape index (κ2) is 9.22. The van der Waals surface area contributed by atoms with Gasteiger partial charge in [-0.15, -0.1) is 0 Å². The van der Waals surface area contributed by atoms with Crippen LogP contribution >= 0.6 is 22.6 Å². The van der Waals surface area contributed by atoms with Crippen molar-refractivity contribution >= 4 is 28.5 Å². The summed E-state index contributed by atoms with van der Waals surface area (Å²) in [6.07, 6.45) is 0.985. The molecule has 4 nitrogen and oxygen atoms in total. The van der Waals surface area contributed by atoms with Gasteiger partial charge in [-0.25, -0.2) is 0 Å². The third kappa shape index (κ3) is 5.04. The van der Waals surface area contributed by atoms with Crippen molar-refractivity contribution in [3.05, 3.63) is 23.8 Å². The van der Waals surface area contributed by atoms with Gasteiger partial charge in [-0.2, -0.15) is 0 Å². The van der Waals surface area contributed by atoms with Crippen molar-refractivity contribution in [1.29, 1.82) is 0 Å². The molecule has 0 saturated heterocycles. The fourth-order valence-corrected chi connectivity index (χ4v) is 2.68. The average Bonchev–Trinajstić information content (AvgIpc) is 2.46. The molecule has 124 valence electrons. The molecule has 0 aliphatic rings. The zero-order chi connectivity index (χ0) is 16.7. The summed E-state index contributed by atoms with van der Waals surface area (Å²) >= 11 is 2.32. The summed E-state index contributed by atoms with van der Waals surface area (Å²) in [7, 11) is 1.59. The SMILES string of the molecule is COc1cc(C(=O)N(C(C)C)C(C)C)ccc1OCCCI. The van der Waals surface area contributed by atoms with Gasteiger partial charge in [0.05, 0.1) is 13.7 Å². The number of halogens is 1. The summed E-state index contributed by atoms with van der Waals surface area (Å²) in [5.41, 5.74) is 0.625. The van der Waals surface area contributed by atoms with Crippen molar-refractivity contribution in [2.75, 3.05) is 18.1 Å². The van der Waals surface area contributed by atoms with Crippen LogP contribution in [0.2, 0.25) is 0 Å². The van der Waals surface area contributed by atoms with E-state index in [2.05, 4.69) is 22.6 Å². The smallest absolute Gasteiger partial charge is 0.254 e. The minimum Gasteiger partial charge on any atom is -0.493 e. The van der Waals surface area contributed by atoms with Gasteiger partial charge in [0.1, 0.15) is 0 Å². The van der Waals surface area contributed by atoms with E-state index in [1.165, 1.54) is 0 Å². The molecule has 0 fully saturated rings. The van der Waals surface area contributed by atoms with E-state index in [1.54, 1.807) is 13.2 Å². The Morgan fingerprint density at radius 3 is 2.32 bits per heavy atom. The number of carbonyl (C=O) groups is 1. The van der Waals surface area contributed by atoms with Gasteiger partial charge >= 0.3 is 0 Å². The number of carbonyl (C=O) groups excluding carboxylic acids is 1. The van der Waals surface area contributed by atoms with Crippen molar-refractivity contribution < 1.29 is 14.3 Å². The van der Waals surface area contributed by atoms with E-state index >= 15 is 0 Å². The largest absolute Gasteiger partial charge is 0.493 e. The van der Waals surface area contributed by atoms with E-state index < -0.39 is 0 Å². The summed E-state index contributed by atoms with van der Waals surface area (Å²) in [4.78, 5) is 14.6. The van der Waals surface area contributed by atoms with Crippen molar-refractivity contribution in [2.45, 2.75) is 46.2 Å². The minimum atomic E-state index is 0.0158. The van der Waals surface area contributed by atoms with E-state index in [4.69, 9.17) is 9.47 Å². The Morgan fingerprint density at radius 2 is 1.82 bits per heavy atom. The summed E-state index contributed by atoms with van der Waals surface area (Å²) in [6.45, 7) is 8.75. The van der Waals surface area contributed by atoms with Crippen molar-refractivity contribution in [1.82, 2.24) is 4.90 Å². The van der Waals surface area contributed by atoms with Crippen LogP contribution in [0.25, 0.3) is 0 Å². The lowest BCUT2D eigenvalue weighted by atomic mass is 10.1. The number of amides is 1. The lowest BCUT2D eigenvalue weighted by molar-refractivity contribution is 0.0643. The molecule has 0 aliphatic carbocycles. The van der Waals surface area contributed by atoms with Crippen LogP contribution < -0.4 is 9.47 Å². The first-order chi connectivity index (χ1) is 10.4. The van der Waals surface area contributed by atoms with Gasteiger partial charge in [0.15, 0.2) is 11.5 Å². The number of rotatable bonds is 8. The second-order valence-electron chi connectivity index (χ2n) is 5.66. The fourth-order valence-electron chi connectivity index (χ4n) is 2.37. The van der Waals surface area contributed by atoms with Gasteiger partial charge in [0.25, 0.3) is 5.91 Å². The highest BCUT2D eigenvalue weighted by Crippen LogP contribution is 2.29. The Morgan fingerprint density at radius 1 is 1.18 bits per heavy atom. The van der Waals surface area contributed by atoms with Gasteiger partial charge in [0.2, 0.25) is 0 Å². The van der Waals surface area contributed by atoms with E-state index in [-0.39, 0.29) is 18.0 Å². The Bertz CT molecular complexity index is 481. The first-order valence-electron chi connectivity index (χ1n) is 7.61. The number of hydrogen-bond acceptors (Lipinski definition) is 3. The number of ether oxygens (including phenoxy) is 2. The van der Waals surface area contributed by atoms with Crippen LogP contribution in [0.3, 0.4) is 0 Å². The lowest BCUT2D eigenvalue weighted by Crippen LogP contribution is -2.42. The fraction of sp³-hybridized carbons (Fsp3) is 0.588. The van der Waals surface area contributed by atoms with Crippen LogP contribution in [0.15, 0.2) is 18.2 Å². The maximum Gasteiger partial charge on any atom is 0.254 e. The molecule has 0 spiro atoms. The Hall–Kier alpha value is -0.980. The molecule has 0 aliphatic heterocycles. The summed E-state index contributed by atoms with van der Waals surface area (Å²) in [6, 6.07) is 5.69. The highest BCUT2D eigenvalue weighted by molar-refractivity contribution is 14.1. The Labute approximate surface area is 147 Å². The van der Waals surface area contributed by atoms with E-state index in [9.17, 15) is 4.79 Å². The maximum atomic E-state index is 12.7.